The summed E-state index contributed by atoms with van der Waals surface area (Å²) < 4.78 is 0. The Hall–Kier alpha value is -1.82. The van der Waals surface area contributed by atoms with E-state index < -0.39 is 0 Å². The zero-order valence-electron chi connectivity index (χ0n) is 11.7. The topological polar surface area (TPSA) is 0 Å². The smallest absolute Gasteiger partial charge is 0.00204 e. The maximum atomic E-state index is 3.44. The predicted octanol–water partition coefficient (Wildman–Crippen LogP) is 5.62. The number of rotatable bonds is 4. The van der Waals surface area contributed by atoms with Crippen LogP contribution in [0.3, 0.4) is 0 Å². The van der Waals surface area contributed by atoms with Crippen LogP contribution in [0, 0.1) is 6.07 Å². The molecule has 0 spiro atoms. The second-order valence-corrected chi connectivity index (χ2v) is 4.01. The van der Waals surface area contributed by atoms with Crippen molar-refractivity contribution in [3.8, 4) is 0 Å². The number of hydrogen-bond acceptors (Lipinski definition) is 0. The molecular weight excluding hydrogens is 216 g/mol. The molecule has 0 aliphatic carbocycles. The monoisotopic (exact) mass is 237 g/mol. The normalized spacial score (nSPS) is 12.7. The molecule has 0 fully saturated rings. The van der Waals surface area contributed by atoms with Crippen molar-refractivity contribution >= 4 is 24.3 Å². The Morgan fingerprint density at radius 3 is 1.94 bits per heavy atom. The van der Waals surface area contributed by atoms with Gasteiger partial charge in [0.1, 0.15) is 0 Å². The molecule has 0 saturated carbocycles. The zero-order valence-corrected chi connectivity index (χ0v) is 11.7. The van der Waals surface area contributed by atoms with E-state index in [1.807, 2.05) is 33.8 Å². The van der Waals surface area contributed by atoms with Gasteiger partial charge in [0, 0.05) is 0 Å². The first kappa shape index (κ1) is 14.2. The number of benzene rings is 1. The molecule has 93 valence electrons. The summed E-state index contributed by atoms with van der Waals surface area (Å²) in [5, 5.41) is 0. The van der Waals surface area contributed by atoms with Gasteiger partial charge in [-0.2, -0.15) is 0 Å². The van der Waals surface area contributed by atoms with Crippen molar-refractivity contribution in [2.24, 2.45) is 0 Å². The van der Waals surface area contributed by atoms with Gasteiger partial charge in [-0.25, -0.2) is 0 Å². The third kappa shape index (κ3) is 3.59. The van der Waals surface area contributed by atoms with Gasteiger partial charge in [0.2, 0.25) is 0 Å². The van der Waals surface area contributed by atoms with Crippen molar-refractivity contribution < 1.29 is 0 Å². The Balaban J connectivity index is 3.53. The fraction of sp³-hybridized carbons (Fsp3) is 0.222. The Labute approximate surface area is 111 Å². The summed E-state index contributed by atoms with van der Waals surface area (Å²) in [5.74, 6) is 0. The number of hydrogen-bond donors (Lipinski definition) is 0. The van der Waals surface area contributed by atoms with Crippen molar-refractivity contribution in [3.05, 3.63) is 58.7 Å². The molecule has 0 bridgehead atoms. The van der Waals surface area contributed by atoms with Gasteiger partial charge in [0.15, 0.2) is 0 Å². The van der Waals surface area contributed by atoms with Crippen LogP contribution in [-0.2, 0) is 0 Å². The second-order valence-electron chi connectivity index (χ2n) is 4.01. The van der Waals surface area contributed by atoms with Crippen LogP contribution >= 0.6 is 0 Å². The maximum absolute atomic E-state index is 3.44. The molecule has 0 atom stereocenters. The van der Waals surface area contributed by atoms with Crippen molar-refractivity contribution in [1.82, 2.24) is 0 Å². The van der Waals surface area contributed by atoms with Crippen LogP contribution in [0.25, 0.3) is 24.3 Å². The third-order valence-corrected chi connectivity index (χ3v) is 2.55. The third-order valence-electron chi connectivity index (χ3n) is 2.55. The van der Waals surface area contributed by atoms with Gasteiger partial charge < -0.3 is 0 Å². The van der Waals surface area contributed by atoms with Gasteiger partial charge in [-0.3, -0.25) is 0 Å². The lowest BCUT2D eigenvalue weighted by atomic mass is 9.96. The molecule has 1 radical (unpaired) electrons. The first-order valence-electron chi connectivity index (χ1n) is 6.37. The van der Waals surface area contributed by atoms with Gasteiger partial charge in [-0.05, 0) is 62.1 Å². The summed E-state index contributed by atoms with van der Waals surface area (Å²) in [4.78, 5) is 0. The SMILES string of the molecule is CC=Cc1[c]c(C=CC)c(C=CC)c(C=CC)c1. The quantitative estimate of drug-likeness (QED) is 0.637. The van der Waals surface area contributed by atoms with E-state index >= 15 is 0 Å². The summed E-state index contributed by atoms with van der Waals surface area (Å²) in [5.41, 5.74) is 4.71. The molecule has 18 heavy (non-hydrogen) atoms. The summed E-state index contributed by atoms with van der Waals surface area (Å²) in [6.45, 7) is 8.14. The minimum Gasteiger partial charge on any atom is -0.0870 e. The van der Waals surface area contributed by atoms with E-state index in [9.17, 15) is 0 Å². The first-order chi connectivity index (χ1) is 8.76. The van der Waals surface area contributed by atoms with Gasteiger partial charge in [0.05, 0.1) is 0 Å². The lowest BCUT2D eigenvalue weighted by Crippen LogP contribution is -1.90. The van der Waals surface area contributed by atoms with Gasteiger partial charge in [-0.1, -0.05) is 48.6 Å². The Morgan fingerprint density at radius 1 is 0.778 bits per heavy atom. The van der Waals surface area contributed by atoms with Crippen LogP contribution in [0.15, 0.2) is 30.4 Å². The number of allylic oxidation sites excluding steroid dienone is 4. The molecule has 1 aromatic carbocycles. The average Bonchev–Trinajstić information content (AvgIpc) is 2.34. The van der Waals surface area contributed by atoms with Crippen LogP contribution in [-0.4, -0.2) is 0 Å². The van der Waals surface area contributed by atoms with Crippen LogP contribution in [0.5, 0.6) is 0 Å². The van der Waals surface area contributed by atoms with Crippen molar-refractivity contribution in [3.63, 3.8) is 0 Å². The molecular formula is C18H21. The summed E-state index contributed by atoms with van der Waals surface area (Å²) in [7, 11) is 0. The van der Waals surface area contributed by atoms with E-state index in [0.29, 0.717) is 0 Å². The predicted molar refractivity (Wildman–Crippen MR) is 84.1 cm³/mol. The Kier molecular flexibility index (Phi) is 5.93. The highest BCUT2D eigenvalue weighted by atomic mass is 14.1. The van der Waals surface area contributed by atoms with Gasteiger partial charge in [0.25, 0.3) is 0 Å². The molecule has 0 N–H and O–H groups in total. The van der Waals surface area contributed by atoms with E-state index in [1.54, 1.807) is 0 Å². The highest BCUT2D eigenvalue weighted by molar-refractivity contribution is 5.76. The van der Waals surface area contributed by atoms with E-state index in [0.717, 1.165) is 11.1 Å². The van der Waals surface area contributed by atoms with Gasteiger partial charge in [-0.15, -0.1) is 0 Å². The fourth-order valence-corrected chi connectivity index (χ4v) is 1.90. The molecule has 0 saturated heterocycles. The Bertz CT molecular complexity index is 464. The standard InChI is InChI=1S/C18H21/c1-5-9-15-13-16(10-6-2)18(12-8-4)17(14-15)11-7-3/h5-13H,1-4H3. The first-order valence-corrected chi connectivity index (χ1v) is 6.37. The van der Waals surface area contributed by atoms with Crippen molar-refractivity contribution in [1.29, 1.82) is 0 Å². The molecule has 0 nitrogen and oxygen atoms in total. The molecule has 0 heteroatoms. The van der Waals surface area contributed by atoms with E-state index in [-0.39, 0.29) is 0 Å². The highest BCUT2D eigenvalue weighted by Crippen LogP contribution is 2.23. The minimum atomic E-state index is 1.12. The van der Waals surface area contributed by atoms with E-state index in [4.69, 9.17) is 0 Å². The van der Waals surface area contributed by atoms with Crippen LogP contribution in [0.4, 0.5) is 0 Å². The summed E-state index contributed by atoms with van der Waals surface area (Å²) in [6.07, 6.45) is 16.7. The van der Waals surface area contributed by atoms with Crippen LogP contribution in [0.2, 0.25) is 0 Å². The van der Waals surface area contributed by atoms with Crippen LogP contribution < -0.4 is 0 Å². The summed E-state index contributed by atoms with van der Waals surface area (Å²) in [6, 6.07) is 5.61. The molecule has 0 unspecified atom stereocenters. The zero-order chi connectivity index (χ0) is 13.4. The summed E-state index contributed by atoms with van der Waals surface area (Å²) >= 11 is 0. The second kappa shape index (κ2) is 7.50. The largest absolute Gasteiger partial charge is 0.0870 e. The maximum Gasteiger partial charge on any atom is -0.00204 e. The highest BCUT2D eigenvalue weighted by Gasteiger charge is 2.04. The molecule has 0 heterocycles. The van der Waals surface area contributed by atoms with E-state index in [1.165, 1.54) is 11.1 Å². The minimum absolute atomic E-state index is 1.12. The van der Waals surface area contributed by atoms with E-state index in [2.05, 4.69) is 54.7 Å². The van der Waals surface area contributed by atoms with Gasteiger partial charge >= 0.3 is 0 Å². The lowest BCUT2D eigenvalue weighted by Gasteiger charge is -2.08. The van der Waals surface area contributed by atoms with Crippen LogP contribution in [0.1, 0.15) is 49.9 Å². The molecule has 0 aliphatic heterocycles. The Morgan fingerprint density at radius 2 is 1.39 bits per heavy atom. The molecule has 0 amide bonds. The molecule has 1 rings (SSSR count). The molecule has 0 aliphatic rings. The average molecular weight is 237 g/mol. The molecule has 0 aromatic heterocycles. The van der Waals surface area contributed by atoms with Crippen molar-refractivity contribution in [2.75, 3.05) is 0 Å². The fourth-order valence-electron chi connectivity index (χ4n) is 1.90. The lowest BCUT2D eigenvalue weighted by molar-refractivity contribution is 1.51. The molecule has 1 aromatic rings. The van der Waals surface area contributed by atoms with Crippen molar-refractivity contribution in [2.45, 2.75) is 27.7 Å².